The maximum absolute atomic E-state index is 11.8. The maximum atomic E-state index is 11.8. The van der Waals surface area contributed by atoms with Crippen LogP contribution in [0.25, 0.3) is 0 Å². The van der Waals surface area contributed by atoms with Crippen molar-refractivity contribution in [1.29, 1.82) is 0 Å². The molecule has 1 heterocycles. The average Bonchev–Trinajstić information content (AvgIpc) is 2.42. The van der Waals surface area contributed by atoms with Crippen LogP contribution in [0.3, 0.4) is 0 Å². The van der Waals surface area contributed by atoms with Crippen LogP contribution in [-0.4, -0.2) is 30.1 Å². The smallest absolute Gasteiger partial charge is 0.339 e. The summed E-state index contributed by atoms with van der Waals surface area (Å²) in [5.41, 5.74) is 0.500. The van der Waals surface area contributed by atoms with E-state index in [-0.39, 0.29) is 12.0 Å². The van der Waals surface area contributed by atoms with Crippen LogP contribution in [0, 0.1) is 5.92 Å². The summed E-state index contributed by atoms with van der Waals surface area (Å²) in [5, 5.41) is 3.41. The van der Waals surface area contributed by atoms with Crippen molar-refractivity contribution in [2.24, 2.45) is 5.92 Å². The number of hydrogen-bond donors (Lipinski definition) is 1. The third kappa shape index (κ3) is 6.34. The van der Waals surface area contributed by atoms with Crippen molar-refractivity contribution in [2.75, 3.05) is 13.2 Å². The predicted molar refractivity (Wildman–Crippen MR) is 76.1 cm³/mol. The van der Waals surface area contributed by atoms with Crippen molar-refractivity contribution in [3.05, 3.63) is 30.1 Å². The van der Waals surface area contributed by atoms with Gasteiger partial charge in [-0.25, -0.2) is 4.79 Å². The summed E-state index contributed by atoms with van der Waals surface area (Å²) < 4.78 is 5.30. The first-order valence-electron chi connectivity index (χ1n) is 6.94. The van der Waals surface area contributed by atoms with Crippen LogP contribution < -0.4 is 5.32 Å². The molecule has 0 radical (unpaired) electrons. The first-order valence-corrected chi connectivity index (χ1v) is 6.94. The Kier molecular flexibility index (Phi) is 7.11. The Labute approximate surface area is 115 Å². The summed E-state index contributed by atoms with van der Waals surface area (Å²) in [5.74, 6) is 0.375. The molecule has 1 N–H and O–H groups in total. The number of ether oxygens (including phenoxy) is 1. The standard InChI is InChI=1S/C15H24N2O2/c1-4-14(17-9-7-12(2)3)11-19-15(18)13-6-5-8-16-10-13/h5-6,8,10,12,14,17H,4,7,9,11H2,1-3H3. The summed E-state index contributed by atoms with van der Waals surface area (Å²) in [6.45, 7) is 7.85. The lowest BCUT2D eigenvalue weighted by Crippen LogP contribution is -2.34. The van der Waals surface area contributed by atoms with Gasteiger partial charge in [0.05, 0.1) is 5.56 Å². The normalized spacial score (nSPS) is 12.4. The van der Waals surface area contributed by atoms with Crippen LogP contribution in [0.15, 0.2) is 24.5 Å². The molecule has 0 aliphatic heterocycles. The SMILES string of the molecule is CCC(COC(=O)c1cccnc1)NCCC(C)C. The number of pyridine rings is 1. The van der Waals surface area contributed by atoms with Gasteiger partial charge in [-0.1, -0.05) is 20.8 Å². The molecule has 0 aromatic carbocycles. The molecule has 106 valence electrons. The Hall–Kier alpha value is -1.42. The van der Waals surface area contributed by atoms with Crippen molar-refractivity contribution >= 4 is 5.97 Å². The fourth-order valence-electron chi connectivity index (χ4n) is 1.64. The molecule has 0 aliphatic carbocycles. The van der Waals surface area contributed by atoms with Gasteiger partial charge in [0, 0.05) is 18.4 Å². The molecule has 0 amide bonds. The van der Waals surface area contributed by atoms with E-state index in [1.807, 2.05) is 0 Å². The summed E-state index contributed by atoms with van der Waals surface area (Å²) >= 11 is 0. The van der Waals surface area contributed by atoms with Crippen molar-refractivity contribution in [3.8, 4) is 0 Å². The van der Waals surface area contributed by atoms with Crippen LogP contribution in [0.1, 0.15) is 44.0 Å². The van der Waals surface area contributed by atoms with Crippen LogP contribution in [-0.2, 0) is 4.74 Å². The van der Waals surface area contributed by atoms with Crippen LogP contribution >= 0.6 is 0 Å². The second kappa shape index (κ2) is 8.64. The zero-order valence-corrected chi connectivity index (χ0v) is 12.1. The quantitative estimate of drug-likeness (QED) is 0.733. The molecule has 1 aromatic heterocycles. The predicted octanol–water partition coefficient (Wildman–Crippen LogP) is 2.65. The van der Waals surface area contributed by atoms with Gasteiger partial charge >= 0.3 is 5.97 Å². The van der Waals surface area contributed by atoms with Gasteiger partial charge in [-0.3, -0.25) is 4.98 Å². The zero-order chi connectivity index (χ0) is 14.1. The van der Waals surface area contributed by atoms with Crippen molar-refractivity contribution in [1.82, 2.24) is 10.3 Å². The van der Waals surface area contributed by atoms with Crippen LogP contribution in [0.2, 0.25) is 0 Å². The molecule has 0 spiro atoms. The van der Waals surface area contributed by atoms with E-state index < -0.39 is 0 Å². The molecule has 4 nitrogen and oxygen atoms in total. The molecule has 1 rings (SSSR count). The second-order valence-electron chi connectivity index (χ2n) is 5.08. The molecular weight excluding hydrogens is 240 g/mol. The molecule has 4 heteroatoms. The maximum Gasteiger partial charge on any atom is 0.339 e. The van der Waals surface area contributed by atoms with E-state index in [1.165, 1.54) is 6.20 Å². The summed E-state index contributed by atoms with van der Waals surface area (Å²) in [7, 11) is 0. The minimum atomic E-state index is -0.308. The van der Waals surface area contributed by atoms with Gasteiger partial charge in [-0.15, -0.1) is 0 Å². The number of nitrogens with one attached hydrogen (secondary N) is 1. The number of esters is 1. The monoisotopic (exact) mass is 264 g/mol. The number of carbonyl (C=O) groups is 1. The average molecular weight is 264 g/mol. The Morgan fingerprint density at radius 3 is 2.84 bits per heavy atom. The van der Waals surface area contributed by atoms with Gasteiger partial charge in [0.2, 0.25) is 0 Å². The van der Waals surface area contributed by atoms with Crippen LogP contribution in [0.4, 0.5) is 0 Å². The number of nitrogens with zero attached hydrogens (tertiary/aromatic N) is 1. The van der Waals surface area contributed by atoms with E-state index in [0.717, 1.165) is 19.4 Å². The second-order valence-corrected chi connectivity index (χ2v) is 5.08. The Balaban J connectivity index is 2.31. The summed E-state index contributed by atoms with van der Waals surface area (Å²) in [6.07, 6.45) is 5.24. The van der Waals surface area contributed by atoms with Crippen LogP contribution in [0.5, 0.6) is 0 Å². The molecule has 0 saturated carbocycles. The fraction of sp³-hybridized carbons (Fsp3) is 0.600. The summed E-state index contributed by atoms with van der Waals surface area (Å²) in [6, 6.07) is 3.66. The molecule has 0 saturated heterocycles. The Morgan fingerprint density at radius 1 is 1.47 bits per heavy atom. The molecule has 0 bridgehead atoms. The number of carbonyl (C=O) groups excluding carboxylic acids is 1. The lowest BCUT2D eigenvalue weighted by molar-refractivity contribution is 0.0462. The number of aromatic nitrogens is 1. The first-order chi connectivity index (χ1) is 9.13. The molecule has 1 aromatic rings. The minimum absolute atomic E-state index is 0.222. The van der Waals surface area contributed by atoms with Gasteiger partial charge in [0.15, 0.2) is 0 Å². The molecule has 1 atom stereocenters. The lowest BCUT2D eigenvalue weighted by Gasteiger charge is -2.17. The lowest BCUT2D eigenvalue weighted by atomic mass is 10.1. The van der Waals surface area contributed by atoms with Gasteiger partial charge < -0.3 is 10.1 Å². The van der Waals surface area contributed by atoms with Crippen molar-refractivity contribution < 1.29 is 9.53 Å². The highest BCUT2D eigenvalue weighted by Gasteiger charge is 2.11. The fourth-order valence-corrected chi connectivity index (χ4v) is 1.64. The third-order valence-electron chi connectivity index (χ3n) is 2.96. The Morgan fingerprint density at radius 2 is 2.26 bits per heavy atom. The van der Waals surface area contributed by atoms with E-state index >= 15 is 0 Å². The Bertz CT molecular complexity index is 366. The molecule has 1 unspecified atom stereocenters. The van der Waals surface area contributed by atoms with Crippen molar-refractivity contribution in [2.45, 2.75) is 39.7 Å². The number of rotatable bonds is 8. The largest absolute Gasteiger partial charge is 0.460 e. The van der Waals surface area contributed by atoms with E-state index in [1.54, 1.807) is 18.3 Å². The third-order valence-corrected chi connectivity index (χ3v) is 2.96. The van der Waals surface area contributed by atoms with Gasteiger partial charge in [0.25, 0.3) is 0 Å². The van der Waals surface area contributed by atoms with Gasteiger partial charge in [-0.2, -0.15) is 0 Å². The topological polar surface area (TPSA) is 51.2 Å². The molecule has 0 fully saturated rings. The van der Waals surface area contributed by atoms with E-state index in [9.17, 15) is 4.79 Å². The highest BCUT2D eigenvalue weighted by Crippen LogP contribution is 2.02. The summed E-state index contributed by atoms with van der Waals surface area (Å²) in [4.78, 5) is 15.7. The molecule has 19 heavy (non-hydrogen) atoms. The van der Waals surface area contributed by atoms with Gasteiger partial charge in [-0.05, 0) is 37.4 Å². The minimum Gasteiger partial charge on any atom is -0.460 e. The van der Waals surface area contributed by atoms with Gasteiger partial charge in [0.1, 0.15) is 6.61 Å². The van der Waals surface area contributed by atoms with Crippen molar-refractivity contribution in [3.63, 3.8) is 0 Å². The number of hydrogen-bond acceptors (Lipinski definition) is 4. The molecule has 0 aliphatic rings. The zero-order valence-electron chi connectivity index (χ0n) is 12.1. The van der Waals surface area contributed by atoms with E-state index in [0.29, 0.717) is 18.1 Å². The highest BCUT2D eigenvalue weighted by atomic mass is 16.5. The van der Waals surface area contributed by atoms with E-state index in [2.05, 4.69) is 31.1 Å². The molecular formula is C15H24N2O2. The highest BCUT2D eigenvalue weighted by molar-refractivity contribution is 5.88. The van der Waals surface area contributed by atoms with E-state index in [4.69, 9.17) is 4.74 Å². The first kappa shape index (κ1) is 15.6.